The molecule has 5 atom stereocenters. The third kappa shape index (κ3) is 6.50. The van der Waals surface area contributed by atoms with Gasteiger partial charge in [0.2, 0.25) is 5.91 Å². The molecule has 1 heterocycles. The van der Waals surface area contributed by atoms with Crippen LogP contribution in [-0.4, -0.2) is 47.3 Å². The van der Waals surface area contributed by atoms with Gasteiger partial charge in [-0.2, -0.15) is 0 Å². The first-order valence-corrected chi connectivity index (χ1v) is 15.1. The van der Waals surface area contributed by atoms with Gasteiger partial charge in [0.1, 0.15) is 0 Å². The minimum Gasteiger partial charge on any atom is -0.481 e. The smallest absolute Gasteiger partial charge is 0.304 e. The molecule has 202 valence electrons. The van der Waals surface area contributed by atoms with E-state index in [1.807, 2.05) is 44.2 Å². The van der Waals surface area contributed by atoms with Gasteiger partial charge in [0.25, 0.3) is 0 Å². The van der Waals surface area contributed by atoms with Crippen molar-refractivity contribution in [2.75, 3.05) is 5.75 Å². The minimum atomic E-state index is -3.51. The van der Waals surface area contributed by atoms with Crippen molar-refractivity contribution in [2.45, 2.75) is 76.6 Å². The van der Waals surface area contributed by atoms with Crippen LogP contribution in [0.2, 0.25) is 10.0 Å². The quantitative estimate of drug-likeness (QED) is 0.352. The van der Waals surface area contributed by atoms with E-state index in [0.717, 1.165) is 11.1 Å². The van der Waals surface area contributed by atoms with E-state index in [4.69, 9.17) is 23.2 Å². The van der Waals surface area contributed by atoms with Crippen LogP contribution in [0.3, 0.4) is 0 Å². The van der Waals surface area contributed by atoms with Crippen molar-refractivity contribution in [1.82, 2.24) is 4.90 Å². The normalized spacial score (nSPS) is 24.1. The highest BCUT2D eigenvalue weighted by Gasteiger charge is 2.52. The Kier molecular flexibility index (Phi) is 9.36. The van der Waals surface area contributed by atoms with E-state index >= 15 is 0 Å². The third-order valence-electron chi connectivity index (χ3n) is 7.61. The number of halogens is 2. The molecule has 1 aliphatic heterocycles. The number of hydrogen-bond donors (Lipinski definition) is 1. The Bertz CT molecular complexity index is 1230. The fourth-order valence-electron chi connectivity index (χ4n) is 5.36. The second-order valence-electron chi connectivity index (χ2n) is 10.3. The Hall–Kier alpha value is -2.09. The maximum absolute atomic E-state index is 14.2. The van der Waals surface area contributed by atoms with Crippen LogP contribution >= 0.6 is 23.2 Å². The summed E-state index contributed by atoms with van der Waals surface area (Å²) in [5.74, 6) is -1.94. The van der Waals surface area contributed by atoms with Crippen molar-refractivity contribution >= 4 is 44.9 Å². The summed E-state index contributed by atoms with van der Waals surface area (Å²) in [6.07, 6.45) is 0.782. The molecule has 1 saturated heterocycles. The van der Waals surface area contributed by atoms with Crippen LogP contribution in [0.4, 0.5) is 0 Å². The van der Waals surface area contributed by atoms with Gasteiger partial charge in [0.15, 0.2) is 9.84 Å². The zero-order chi connectivity index (χ0) is 27.5. The van der Waals surface area contributed by atoms with E-state index < -0.39 is 38.6 Å². The van der Waals surface area contributed by atoms with Crippen LogP contribution in [0.1, 0.15) is 76.5 Å². The Morgan fingerprint density at radius 1 is 1.08 bits per heavy atom. The SMILES string of the molecule is CCC(CS(=O)(=O)C(C)CC)N1C(=O)[C@@](C)(CC(=O)O)CC(c2cccc(Cl)c2)[C@H]1c1ccc(Cl)cc1. The van der Waals surface area contributed by atoms with Crippen LogP contribution in [0.5, 0.6) is 0 Å². The largest absolute Gasteiger partial charge is 0.481 e. The predicted molar refractivity (Wildman–Crippen MR) is 148 cm³/mol. The highest BCUT2D eigenvalue weighted by molar-refractivity contribution is 7.92. The van der Waals surface area contributed by atoms with Gasteiger partial charge in [-0.15, -0.1) is 0 Å². The van der Waals surface area contributed by atoms with E-state index in [1.54, 1.807) is 36.9 Å². The number of nitrogens with zero attached hydrogens (tertiary/aromatic N) is 1. The Balaban J connectivity index is 2.25. The monoisotopic (exact) mass is 567 g/mol. The predicted octanol–water partition coefficient (Wildman–Crippen LogP) is 6.52. The number of benzene rings is 2. The zero-order valence-corrected chi connectivity index (χ0v) is 24.0. The molecule has 6 nitrogen and oxygen atoms in total. The Morgan fingerprint density at radius 3 is 2.27 bits per heavy atom. The molecule has 37 heavy (non-hydrogen) atoms. The van der Waals surface area contributed by atoms with Gasteiger partial charge >= 0.3 is 5.97 Å². The van der Waals surface area contributed by atoms with Gasteiger partial charge in [0.05, 0.1) is 28.9 Å². The van der Waals surface area contributed by atoms with Gasteiger partial charge in [-0.05, 0) is 61.6 Å². The molecule has 9 heteroatoms. The lowest BCUT2D eigenvalue weighted by molar-refractivity contribution is -0.160. The number of carboxylic acids is 1. The summed E-state index contributed by atoms with van der Waals surface area (Å²) in [6, 6.07) is 13.4. The number of carbonyl (C=O) groups excluding carboxylic acids is 1. The van der Waals surface area contributed by atoms with E-state index in [2.05, 4.69) is 0 Å². The van der Waals surface area contributed by atoms with Crippen molar-refractivity contribution < 1.29 is 23.1 Å². The molecule has 2 aromatic rings. The first-order valence-electron chi connectivity index (χ1n) is 12.6. The summed E-state index contributed by atoms with van der Waals surface area (Å²) >= 11 is 12.5. The highest BCUT2D eigenvalue weighted by Crippen LogP contribution is 2.52. The van der Waals surface area contributed by atoms with Crippen LogP contribution in [-0.2, 0) is 19.4 Å². The molecule has 0 aromatic heterocycles. The summed E-state index contributed by atoms with van der Waals surface area (Å²) in [5, 5.41) is 10.3. The van der Waals surface area contributed by atoms with Crippen molar-refractivity contribution in [2.24, 2.45) is 5.41 Å². The zero-order valence-electron chi connectivity index (χ0n) is 21.7. The summed E-state index contributed by atoms with van der Waals surface area (Å²) in [6.45, 7) is 7.04. The van der Waals surface area contributed by atoms with Crippen LogP contribution in [0.15, 0.2) is 48.5 Å². The molecule has 3 rings (SSSR count). The van der Waals surface area contributed by atoms with Gasteiger partial charge in [-0.25, -0.2) is 8.42 Å². The summed E-state index contributed by atoms with van der Waals surface area (Å²) < 4.78 is 26.5. The molecular formula is C28H35Cl2NO5S. The Labute approximate surface area is 229 Å². The van der Waals surface area contributed by atoms with Crippen molar-refractivity contribution in [1.29, 1.82) is 0 Å². The van der Waals surface area contributed by atoms with Crippen LogP contribution < -0.4 is 0 Å². The van der Waals surface area contributed by atoms with Gasteiger partial charge in [-0.3, -0.25) is 9.59 Å². The third-order valence-corrected chi connectivity index (χ3v) is 10.5. The van der Waals surface area contributed by atoms with Crippen molar-refractivity contribution in [3.63, 3.8) is 0 Å². The van der Waals surface area contributed by atoms with Gasteiger partial charge in [-0.1, -0.05) is 68.2 Å². The number of aliphatic carboxylic acids is 1. The van der Waals surface area contributed by atoms with Gasteiger partial charge < -0.3 is 10.0 Å². The number of likely N-dealkylation sites (tertiary alicyclic amines) is 1. The standard InChI is InChI=1S/C28H35Cl2NO5S/c1-5-18(3)37(35,36)17-23(6-2)31-26(19-10-12-21(29)13-11-19)24(20-8-7-9-22(30)14-20)15-28(4,27(31)34)16-25(32)33/h7-14,18,23-24,26H,5-6,15-17H2,1-4H3,(H,32,33)/t18?,23?,24?,26-,28-/m1/s1. The number of carbonyl (C=O) groups is 2. The first kappa shape index (κ1) is 29.5. The highest BCUT2D eigenvalue weighted by atomic mass is 35.5. The molecule has 0 aliphatic carbocycles. The molecule has 0 spiro atoms. The number of rotatable bonds is 10. The molecule has 1 N–H and O–H groups in total. The van der Waals surface area contributed by atoms with Crippen molar-refractivity contribution in [3.8, 4) is 0 Å². The minimum absolute atomic E-state index is 0.195. The summed E-state index contributed by atoms with van der Waals surface area (Å²) in [4.78, 5) is 27.8. The molecule has 0 saturated carbocycles. The molecule has 1 aliphatic rings. The number of amides is 1. The number of carboxylic acid groups (broad SMARTS) is 1. The molecule has 2 aromatic carbocycles. The lowest BCUT2D eigenvalue weighted by Crippen LogP contribution is -2.57. The fourth-order valence-corrected chi connectivity index (χ4v) is 7.46. The number of piperidine rings is 1. The van der Waals surface area contributed by atoms with Crippen LogP contribution in [0, 0.1) is 5.41 Å². The Morgan fingerprint density at radius 2 is 1.73 bits per heavy atom. The lowest BCUT2D eigenvalue weighted by atomic mass is 9.67. The first-order chi connectivity index (χ1) is 17.3. The molecule has 1 amide bonds. The maximum atomic E-state index is 14.2. The number of sulfone groups is 1. The summed E-state index contributed by atoms with van der Waals surface area (Å²) in [7, 11) is -3.51. The molecule has 0 radical (unpaired) electrons. The van der Waals surface area contributed by atoms with Crippen LogP contribution in [0.25, 0.3) is 0 Å². The lowest BCUT2D eigenvalue weighted by Gasteiger charge is -2.52. The van der Waals surface area contributed by atoms with E-state index in [9.17, 15) is 23.1 Å². The molecule has 0 bridgehead atoms. The average molecular weight is 569 g/mol. The van der Waals surface area contributed by atoms with Gasteiger partial charge in [0, 0.05) is 22.0 Å². The summed E-state index contributed by atoms with van der Waals surface area (Å²) in [5.41, 5.74) is 0.440. The van der Waals surface area contributed by atoms with E-state index in [0.29, 0.717) is 22.9 Å². The molecule has 3 unspecified atom stereocenters. The maximum Gasteiger partial charge on any atom is 0.304 e. The van der Waals surface area contributed by atoms with E-state index in [1.165, 1.54) is 0 Å². The fraction of sp³-hybridized carbons (Fsp3) is 0.500. The average Bonchev–Trinajstić information content (AvgIpc) is 2.83. The molecular weight excluding hydrogens is 533 g/mol. The van der Waals surface area contributed by atoms with E-state index in [-0.39, 0.29) is 30.4 Å². The molecule has 1 fully saturated rings. The number of hydrogen-bond acceptors (Lipinski definition) is 4. The second-order valence-corrected chi connectivity index (χ2v) is 13.7. The topological polar surface area (TPSA) is 91.8 Å². The van der Waals surface area contributed by atoms with Crippen molar-refractivity contribution in [3.05, 3.63) is 69.7 Å². The second kappa shape index (κ2) is 11.7.